The van der Waals surface area contributed by atoms with Crippen molar-refractivity contribution in [2.45, 2.75) is 26.8 Å². The first kappa shape index (κ1) is 20.3. The Morgan fingerprint density at radius 2 is 1.59 bits per heavy atom. The molecule has 2 aromatic carbocycles. The van der Waals surface area contributed by atoms with Gasteiger partial charge in [-0.3, -0.25) is 23.9 Å². The normalized spacial score (nSPS) is 13.2. The number of carbonyl (C=O) groups excluding carboxylic acids is 2. The maximum Gasteiger partial charge on any atom is 0.262 e. The molecular formula is C25H21N3O3S. The third-order valence-electron chi connectivity index (χ3n) is 5.89. The molecule has 0 atom stereocenters. The second-order valence-corrected chi connectivity index (χ2v) is 8.91. The molecule has 0 radical (unpaired) electrons. The predicted octanol–water partition coefficient (Wildman–Crippen LogP) is 4.43. The van der Waals surface area contributed by atoms with Crippen LogP contribution in [0.4, 0.5) is 0 Å². The van der Waals surface area contributed by atoms with Crippen molar-refractivity contribution in [2.24, 2.45) is 0 Å². The summed E-state index contributed by atoms with van der Waals surface area (Å²) >= 11 is 1.46. The van der Waals surface area contributed by atoms with E-state index in [1.165, 1.54) is 21.8 Å². The summed E-state index contributed by atoms with van der Waals surface area (Å²) < 4.78 is 1.57. The molecule has 0 N–H and O–H groups in total. The monoisotopic (exact) mass is 443 g/mol. The minimum atomic E-state index is -0.276. The average Bonchev–Trinajstić information content (AvgIpc) is 3.31. The van der Waals surface area contributed by atoms with Crippen molar-refractivity contribution >= 4 is 33.4 Å². The van der Waals surface area contributed by atoms with E-state index < -0.39 is 0 Å². The Morgan fingerprint density at radius 3 is 2.28 bits per heavy atom. The lowest BCUT2D eigenvalue weighted by Gasteiger charge is -2.14. The number of benzene rings is 2. The van der Waals surface area contributed by atoms with Crippen LogP contribution in [0.15, 0.2) is 59.0 Å². The molecule has 1 aliphatic heterocycles. The number of nitrogens with zero attached hydrogens (tertiary/aromatic N) is 3. The molecule has 2 aromatic heterocycles. The average molecular weight is 444 g/mol. The molecule has 4 aromatic rings. The second kappa shape index (κ2) is 7.84. The highest BCUT2D eigenvalue weighted by Gasteiger charge is 2.34. The van der Waals surface area contributed by atoms with Gasteiger partial charge in [0.05, 0.1) is 22.8 Å². The van der Waals surface area contributed by atoms with Crippen LogP contribution in [0.3, 0.4) is 0 Å². The fraction of sp³-hybridized carbons (Fsp3) is 0.200. The summed E-state index contributed by atoms with van der Waals surface area (Å²) in [6.07, 6.45) is 2.02. The number of aryl methyl sites for hydroxylation is 3. The third kappa shape index (κ3) is 3.26. The number of carbonyl (C=O) groups is 2. The molecule has 2 amide bonds. The van der Waals surface area contributed by atoms with Crippen molar-refractivity contribution < 1.29 is 9.59 Å². The highest BCUT2D eigenvalue weighted by atomic mass is 32.1. The van der Waals surface area contributed by atoms with E-state index in [1.807, 2.05) is 31.4 Å². The van der Waals surface area contributed by atoms with Gasteiger partial charge in [-0.05, 0) is 43.5 Å². The molecule has 6 nitrogen and oxygen atoms in total. The van der Waals surface area contributed by atoms with Crippen LogP contribution in [0.5, 0.6) is 0 Å². The number of aromatic nitrogens is 2. The van der Waals surface area contributed by atoms with Crippen molar-refractivity contribution in [3.05, 3.63) is 86.8 Å². The molecule has 0 saturated carbocycles. The van der Waals surface area contributed by atoms with Gasteiger partial charge in [-0.25, -0.2) is 4.98 Å². The van der Waals surface area contributed by atoms with E-state index in [2.05, 4.69) is 11.1 Å². The summed E-state index contributed by atoms with van der Waals surface area (Å²) in [5.41, 5.74) is 5.00. The summed E-state index contributed by atoms with van der Waals surface area (Å²) in [6.45, 7) is 4.72. The predicted molar refractivity (Wildman–Crippen MR) is 125 cm³/mol. The lowest BCUT2D eigenvalue weighted by atomic mass is 9.99. The highest BCUT2D eigenvalue weighted by Crippen LogP contribution is 2.33. The van der Waals surface area contributed by atoms with Gasteiger partial charge in [0.15, 0.2) is 0 Å². The van der Waals surface area contributed by atoms with Gasteiger partial charge in [-0.1, -0.05) is 35.9 Å². The van der Waals surface area contributed by atoms with Crippen LogP contribution in [-0.4, -0.2) is 32.8 Å². The standard InChI is InChI=1S/C25H21N3O3S/c1-15-8-9-17(16(2)12-15)20-13-32-22-21(20)25(31)27(14-26-22)10-5-11-28-23(29)18-6-3-4-7-19(18)24(28)30/h3-4,6-9,12-14H,5,10-11H2,1-2H3. The SMILES string of the molecule is Cc1ccc(-c2csc3ncn(CCCN4C(=O)c5ccccc5C4=O)c(=O)c23)c(C)c1. The first-order valence-electron chi connectivity index (χ1n) is 10.4. The van der Waals surface area contributed by atoms with Crippen LogP contribution < -0.4 is 5.56 Å². The topological polar surface area (TPSA) is 72.3 Å². The van der Waals surface area contributed by atoms with E-state index in [9.17, 15) is 14.4 Å². The molecule has 3 heterocycles. The van der Waals surface area contributed by atoms with Crippen LogP contribution in [0, 0.1) is 13.8 Å². The first-order valence-corrected chi connectivity index (χ1v) is 11.3. The Hall–Kier alpha value is -3.58. The smallest absolute Gasteiger partial charge is 0.262 e. The molecule has 0 fully saturated rings. The molecule has 0 aliphatic carbocycles. The number of amides is 2. The maximum atomic E-state index is 13.3. The molecule has 0 spiro atoms. The largest absolute Gasteiger partial charge is 0.299 e. The van der Waals surface area contributed by atoms with Crippen LogP contribution in [0.2, 0.25) is 0 Å². The molecule has 0 unspecified atom stereocenters. The maximum absolute atomic E-state index is 13.3. The minimum Gasteiger partial charge on any atom is -0.299 e. The van der Waals surface area contributed by atoms with Gasteiger partial charge in [0.1, 0.15) is 4.83 Å². The van der Waals surface area contributed by atoms with Crippen molar-refractivity contribution in [3.8, 4) is 11.1 Å². The minimum absolute atomic E-state index is 0.103. The molecule has 160 valence electrons. The fourth-order valence-corrected chi connectivity index (χ4v) is 5.18. The highest BCUT2D eigenvalue weighted by molar-refractivity contribution is 7.17. The summed E-state index contributed by atoms with van der Waals surface area (Å²) in [5.74, 6) is -0.553. The summed E-state index contributed by atoms with van der Waals surface area (Å²) in [4.78, 5) is 44.8. The Bertz CT molecular complexity index is 1420. The van der Waals surface area contributed by atoms with Crippen LogP contribution in [-0.2, 0) is 6.54 Å². The van der Waals surface area contributed by atoms with E-state index in [0.29, 0.717) is 34.3 Å². The fourth-order valence-electron chi connectivity index (χ4n) is 4.28. The van der Waals surface area contributed by atoms with Crippen LogP contribution >= 0.6 is 11.3 Å². The van der Waals surface area contributed by atoms with Gasteiger partial charge in [-0.2, -0.15) is 0 Å². The zero-order chi connectivity index (χ0) is 22.4. The van der Waals surface area contributed by atoms with E-state index in [1.54, 1.807) is 35.2 Å². The summed E-state index contributed by atoms with van der Waals surface area (Å²) in [5, 5.41) is 2.60. The van der Waals surface area contributed by atoms with E-state index in [0.717, 1.165) is 16.7 Å². The summed E-state index contributed by atoms with van der Waals surface area (Å²) in [7, 11) is 0. The number of hydrogen-bond donors (Lipinski definition) is 0. The van der Waals surface area contributed by atoms with Crippen LogP contribution in [0.25, 0.3) is 21.3 Å². The van der Waals surface area contributed by atoms with Gasteiger partial charge >= 0.3 is 0 Å². The lowest BCUT2D eigenvalue weighted by Crippen LogP contribution is -2.32. The van der Waals surface area contributed by atoms with Gasteiger partial charge in [0.2, 0.25) is 0 Å². The second-order valence-electron chi connectivity index (χ2n) is 8.05. The number of fused-ring (bicyclic) bond motifs is 2. The zero-order valence-electron chi connectivity index (χ0n) is 17.8. The quantitative estimate of drug-likeness (QED) is 0.428. The van der Waals surface area contributed by atoms with E-state index in [-0.39, 0.29) is 23.9 Å². The van der Waals surface area contributed by atoms with Crippen molar-refractivity contribution in [2.75, 3.05) is 6.54 Å². The van der Waals surface area contributed by atoms with E-state index in [4.69, 9.17) is 0 Å². The van der Waals surface area contributed by atoms with Gasteiger partial charge in [0.25, 0.3) is 17.4 Å². The Kier molecular flexibility index (Phi) is 4.98. The molecule has 0 bridgehead atoms. The van der Waals surface area contributed by atoms with Crippen LogP contribution in [0.1, 0.15) is 38.3 Å². The number of imide groups is 1. The molecule has 7 heteroatoms. The summed E-state index contributed by atoms with van der Waals surface area (Å²) in [6, 6.07) is 13.0. The molecule has 0 saturated heterocycles. The van der Waals surface area contributed by atoms with Crippen molar-refractivity contribution in [3.63, 3.8) is 0 Å². The number of thiophene rings is 1. The van der Waals surface area contributed by atoms with E-state index >= 15 is 0 Å². The van der Waals surface area contributed by atoms with Crippen molar-refractivity contribution in [1.82, 2.24) is 14.5 Å². The molecule has 1 aliphatic rings. The van der Waals surface area contributed by atoms with Gasteiger partial charge in [0, 0.05) is 24.0 Å². The molecule has 32 heavy (non-hydrogen) atoms. The van der Waals surface area contributed by atoms with Gasteiger partial charge < -0.3 is 0 Å². The first-order chi connectivity index (χ1) is 15.5. The third-order valence-corrected chi connectivity index (χ3v) is 6.78. The number of rotatable bonds is 5. The Morgan fingerprint density at radius 1 is 0.875 bits per heavy atom. The Labute approximate surface area is 188 Å². The molecular weight excluding hydrogens is 422 g/mol. The number of hydrogen-bond acceptors (Lipinski definition) is 5. The van der Waals surface area contributed by atoms with Crippen molar-refractivity contribution in [1.29, 1.82) is 0 Å². The van der Waals surface area contributed by atoms with Gasteiger partial charge in [-0.15, -0.1) is 11.3 Å². The zero-order valence-corrected chi connectivity index (χ0v) is 18.6. The lowest BCUT2D eigenvalue weighted by molar-refractivity contribution is 0.0650. The molecule has 5 rings (SSSR count). The Balaban J connectivity index is 1.39.